The summed E-state index contributed by atoms with van der Waals surface area (Å²) in [5.41, 5.74) is 2.44. The summed E-state index contributed by atoms with van der Waals surface area (Å²) in [4.78, 5) is 14.2. The van der Waals surface area contributed by atoms with Crippen molar-refractivity contribution in [1.29, 1.82) is 0 Å². The minimum Gasteiger partial charge on any atom is -0.384 e. The lowest BCUT2D eigenvalue weighted by Crippen LogP contribution is -2.33. The maximum absolute atomic E-state index is 12.3. The molecule has 0 radical (unpaired) electrons. The second-order valence-electron chi connectivity index (χ2n) is 5.00. The monoisotopic (exact) mass is 258 g/mol. The van der Waals surface area contributed by atoms with Crippen molar-refractivity contribution in [2.45, 2.75) is 25.7 Å². The molecule has 0 fully saturated rings. The molecule has 1 aromatic rings. The second-order valence-corrected chi connectivity index (χ2v) is 5.00. The zero-order valence-corrected chi connectivity index (χ0v) is 11.6. The number of nitrogens with one attached hydrogen (secondary N) is 1. The van der Waals surface area contributed by atoms with Gasteiger partial charge in [0.2, 0.25) is 5.91 Å². The van der Waals surface area contributed by atoms with E-state index >= 15 is 0 Å². The van der Waals surface area contributed by atoms with Gasteiger partial charge in [0, 0.05) is 37.7 Å². The van der Waals surface area contributed by atoms with Crippen LogP contribution >= 0.6 is 0 Å². The fourth-order valence-electron chi connectivity index (χ4n) is 2.62. The lowest BCUT2D eigenvalue weighted by molar-refractivity contribution is -0.131. The lowest BCUT2D eigenvalue weighted by Gasteiger charge is -2.22. The summed E-state index contributed by atoms with van der Waals surface area (Å²) >= 11 is 0. The van der Waals surface area contributed by atoms with E-state index in [0.717, 1.165) is 19.5 Å². The zero-order valence-electron chi connectivity index (χ0n) is 11.6. The molecule has 1 N–H and O–H groups in total. The van der Waals surface area contributed by atoms with E-state index in [2.05, 4.69) is 31.0 Å². The Labute approximate surface area is 115 Å². The molecule has 0 bridgehead atoms. The molecule has 1 aliphatic heterocycles. The van der Waals surface area contributed by atoms with Crippen LogP contribution < -0.4 is 5.32 Å². The first-order valence-corrected chi connectivity index (χ1v) is 6.97. The van der Waals surface area contributed by atoms with E-state index in [4.69, 9.17) is 0 Å². The van der Waals surface area contributed by atoms with Crippen molar-refractivity contribution in [1.82, 2.24) is 4.90 Å². The standard InChI is InChI=1S/C16H22N2O/c1-3-9-18(10-4-2)16(19)11-13-12-17-15-8-6-5-7-14(13)15/h3,5-8,13,17H,1,4,9-12H2,2H3. The summed E-state index contributed by atoms with van der Waals surface area (Å²) in [5.74, 6) is 0.526. The van der Waals surface area contributed by atoms with Gasteiger partial charge in [-0.2, -0.15) is 0 Å². The van der Waals surface area contributed by atoms with Crippen LogP contribution in [0.2, 0.25) is 0 Å². The smallest absolute Gasteiger partial charge is 0.223 e. The van der Waals surface area contributed by atoms with Crippen LogP contribution in [0.25, 0.3) is 0 Å². The van der Waals surface area contributed by atoms with Crippen LogP contribution in [0.3, 0.4) is 0 Å². The van der Waals surface area contributed by atoms with Gasteiger partial charge >= 0.3 is 0 Å². The van der Waals surface area contributed by atoms with Crippen molar-refractivity contribution in [3.8, 4) is 0 Å². The molecule has 1 atom stereocenters. The minimum absolute atomic E-state index is 0.227. The topological polar surface area (TPSA) is 32.3 Å². The molecule has 102 valence electrons. The molecular weight excluding hydrogens is 236 g/mol. The maximum atomic E-state index is 12.3. The average molecular weight is 258 g/mol. The second kappa shape index (κ2) is 6.41. The molecule has 2 rings (SSSR count). The summed E-state index contributed by atoms with van der Waals surface area (Å²) in [6, 6.07) is 8.26. The highest BCUT2D eigenvalue weighted by molar-refractivity contribution is 5.78. The number of rotatable bonds is 6. The quantitative estimate of drug-likeness (QED) is 0.795. The fourth-order valence-corrected chi connectivity index (χ4v) is 2.62. The van der Waals surface area contributed by atoms with Gasteiger partial charge in [0.15, 0.2) is 0 Å². The largest absolute Gasteiger partial charge is 0.384 e. The highest BCUT2D eigenvalue weighted by atomic mass is 16.2. The SMILES string of the molecule is C=CCN(CCC)C(=O)CC1CNc2ccccc21. The van der Waals surface area contributed by atoms with E-state index in [9.17, 15) is 4.79 Å². The normalized spacial score (nSPS) is 16.6. The molecule has 3 nitrogen and oxygen atoms in total. The number of nitrogens with zero attached hydrogens (tertiary/aromatic N) is 1. The Morgan fingerprint density at radius 3 is 3.05 bits per heavy atom. The van der Waals surface area contributed by atoms with Crippen molar-refractivity contribution < 1.29 is 4.79 Å². The van der Waals surface area contributed by atoms with Gasteiger partial charge in [-0.3, -0.25) is 4.79 Å². The van der Waals surface area contributed by atoms with Crippen LogP contribution in [-0.2, 0) is 4.79 Å². The fraction of sp³-hybridized carbons (Fsp3) is 0.438. The van der Waals surface area contributed by atoms with Gasteiger partial charge in [-0.1, -0.05) is 31.2 Å². The number of fused-ring (bicyclic) bond motifs is 1. The number of carbonyl (C=O) groups excluding carboxylic acids is 1. The predicted molar refractivity (Wildman–Crippen MR) is 79.4 cm³/mol. The zero-order chi connectivity index (χ0) is 13.7. The Morgan fingerprint density at radius 1 is 1.53 bits per heavy atom. The van der Waals surface area contributed by atoms with Gasteiger partial charge in [-0.25, -0.2) is 0 Å². The van der Waals surface area contributed by atoms with Crippen LogP contribution in [0.1, 0.15) is 31.2 Å². The molecule has 1 aliphatic rings. The molecule has 0 aromatic heterocycles. The number of anilines is 1. The molecular formula is C16H22N2O. The Hall–Kier alpha value is -1.77. The average Bonchev–Trinajstić information content (AvgIpc) is 2.82. The van der Waals surface area contributed by atoms with Gasteiger partial charge in [0.1, 0.15) is 0 Å². The van der Waals surface area contributed by atoms with Crippen molar-refractivity contribution in [3.63, 3.8) is 0 Å². The molecule has 1 amide bonds. The van der Waals surface area contributed by atoms with Crippen LogP contribution in [0, 0.1) is 0 Å². The maximum Gasteiger partial charge on any atom is 0.223 e. The molecule has 0 saturated carbocycles. The summed E-state index contributed by atoms with van der Waals surface area (Å²) in [6.45, 7) is 8.14. The summed E-state index contributed by atoms with van der Waals surface area (Å²) < 4.78 is 0. The van der Waals surface area contributed by atoms with Crippen molar-refractivity contribution in [3.05, 3.63) is 42.5 Å². The highest BCUT2D eigenvalue weighted by Crippen LogP contribution is 2.33. The third-order valence-electron chi connectivity index (χ3n) is 3.56. The van der Waals surface area contributed by atoms with E-state index < -0.39 is 0 Å². The first-order valence-electron chi connectivity index (χ1n) is 6.97. The molecule has 0 spiro atoms. The molecule has 3 heteroatoms. The van der Waals surface area contributed by atoms with Gasteiger partial charge in [0.05, 0.1) is 0 Å². The van der Waals surface area contributed by atoms with Crippen LogP contribution in [-0.4, -0.2) is 30.4 Å². The Bertz CT molecular complexity index is 456. The highest BCUT2D eigenvalue weighted by Gasteiger charge is 2.25. The molecule has 0 saturated heterocycles. The third-order valence-corrected chi connectivity index (χ3v) is 3.56. The molecule has 19 heavy (non-hydrogen) atoms. The summed E-state index contributed by atoms with van der Waals surface area (Å²) in [5, 5.41) is 3.37. The van der Waals surface area contributed by atoms with Gasteiger partial charge in [-0.15, -0.1) is 6.58 Å². The van der Waals surface area contributed by atoms with Crippen molar-refractivity contribution in [2.24, 2.45) is 0 Å². The van der Waals surface area contributed by atoms with Crippen LogP contribution in [0.15, 0.2) is 36.9 Å². The van der Waals surface area contributed by atoms with Gasteiger partial charge in [0.25, 0.3) is 0 Å². The Kier molecular flexibility index (Phi) is 4.61. The van der Waals surface area contributed by atoms with Crippen molar-refractivity contribution >= 4 is 11.6 Å². The molecule has 1 heterocycles. The van der Waals surface area contributed by atoms with Gasteiger partial charge in [-0.05, 0) is 18.1 Å². The van der Waals surface area contributed by atoms with Crippen LogP contribution in [0.5, 0.6) is 0 Å². The lowest BCUT2D eigenvalue weighted by atomic mass is 9.97. The minimum atomic E-state index is 0.227. The number of benzene rings is 1. The van der Waals surface area contributed by atoms with Crippen molar-refractivity contribution in [2.75, 3.05) is 25.0 Å². The predicted octanol–water partition coefficient (Wildman–Crippen LogP) is 3.01. The Balaban J connectivity index is 2.01. The molecule has 1 aromatic carbocycles. The van der Waals surface area contributed by atoms with E-state index in [0.29, 0.717) is 18.9 Å². The van der Waals surface area contributed by atoms with Crippen LogP contribution in [0.4, 0.5) is 5.69 Å². The number of carbonyl (C=O) groups is 1. The number of hydrogen-bond acceptors (Lipinski definition) is 2. The first-order chi connectivity index (χ1) is 9.26. The van der Waals surface area contributed by atoms with Gasteiger partial charge < -0.3 is 10.2 Å². The molecule has 1 unspecified atom stereocenters. The third kappa shape index (κ3) is 3.16. The van der Waals surface area contributed by atoms with E-state index in [1.54, 1.807) is 6.08 Å². The molecule has 0 aliphatic carbocycles. The van der Waals surface area contributed by atoms with E-state index in [1.807, 2.05) is 17.0 Å². The summed E-state index contributed by atoms with van der Waals surface area (Å²) in [7, 11) is 0. The number of para-hydroxylation sites is 1. The number of hydrogen-bond donors (Lipinski definition) is 1. The van der Waals surface area contributed by atoms with E-state index in [-0.39, 0.29) is 5.91 Å². The number of amides is 1. The summed E-state index contributed by atoms with van der Waals surface area (Å²) in [6.07, 6.45) is 3.37. The Morgan fingerprint density at radius 2 is 2.32 bits per heavy atom. The van der Waals surface area contributed by atoms with E-state index in [1.165, 1.54) is 11.3 Å². The first kappa shape index (κ1) is 13.7.